The van der Waals surface area contributed by atoms with Crippen molar-refractivity contribution in [1.82, 2.24) is 20.1 Å². The molecule has 0 aliphatic heterocycles. The van der Waals surface area contributed by atoms with Crippen LogP contribution >= 0.6 is 0 Å². The van der Waals surface area contributed by atoms with E-state index >= 15 is 0 Å². The summed E-state index contributed by atoms with van der Waals surface area (Å²) in [5.41, 5.74) is 0. The number of carbonyl (C=O) groups is 1. The smallest absolute Gasteiger partial charge is 0.249 e. The monoisotopic (exact) mass is 308 g/mol. The van der Waals surface area contributed by atoms with Gasteiger partial charge in [-0.1, -0.05) is 32.1 Å². The average molecular weight is 308 g/mol. The summed E-state index contributed by atoms with van der Waals surface area (Å²) in [4.78, 5) is 16.4. The van der Waals surface area contributed by atoms with Crippen LogP contribution in [-0.4, -0.2) is 31.9 Å². The Kier molecular flexibility index (Phi) is 6.36. The summed E-state index contributed by atoms with van der Waals surface area (Å²) in [6.45, 7) is 4.34. The number of hydrogen-bond donors (Lipinski definition) is 2. The minimum Gasteiger partial charge on any atom is -0.383 e. The third kappa shape index (κ3) is 4.53. The first-order chi connectivity index (χ1) is 10.6. The summed E-state index contributed by atoms with van der Waals surface area (Å²) in [6, 6.07) is 0.199. The fraction of sp³-hybridized carbons (Fsp3) is 0.812. The van der Waals surface area contributed by atoms with Crippen molar-refractivity contribution in [3.63, 3.8) is 0 Å². The summed E-state index contributed by atoms with van der Waals surface area (Å²) < 4.78 is 1.78. The molecule has 0 saturated heterocycles. The first kappa shape index (κ1) is 16.9. The van der Waals surface area contributed by atoms with Gasteiger partial charge >= 0.3 is 0 Å². The number of nitrogens with one attached hydrogen (secondary N) is 1. The Bertz CT molecular complexity index is 464. The van der Waals surface area contributed by atoms with Crippen LogP contribution in [0.3, 0.4) is 0 Å². The maximum absolute atomic E-state index is 12.2. The van der Waals surface area contributed by atoms with Crippen LogP contribution in [0.4, 0.5) is 0 Å². The van der Waals surface area contributed by atoms with Gasteiger partial charge in [-0.15, -0.1) is 0 Å². The predicted octanol–water partition coefficient (Wildman–Crippen LogP) is 2.20. The van der Waals surface area contributed by atoms with Crippen LogP contribution < -0.4 is 5.32 Å². The van der Waals surface area contributed by atoms with Gasteiger partial charge in [0.2, 0.25) is 5.91 Å². The van der Waals surface area contributed by atoms with E-state index in [1.54, 1.807) is 4.68 Å². The molecule has 0 radical (unpaired) electrons. The third-order valence-electron chi connectivity index (χ3n) is 4.42. The molecule has 1 unspecified atom stereocenters. The number of nitrogens with zero attached hydrogens (tertiary/aromatic N) is 3. The Hall–Kier alpha value is -1.43. The molecule has 2 N–H and O–H groups in total. The van der Waals surface area contributed by atoms with E-state index in [4.69, 9.17) is 0 Å². The zero-order valence-electron chi connectivity index (χ0n) is 13.7. The van der Waals surface area contributed by atoms with Gasteiger partial charge in [0, 0.05) is 6.04 Å². The van der Waals surface area contributed by atoms with Crippen molar-refractivity contribution in [1.29, 1.82) is 0 Å². The summed E-state index contributed by atoms with van der Waals surface area (Å²) in [5, 5.41) is 17.3. The molecule has 6 heteroatoms. The van der Waals surface area contributed by atoms with Gasteiger partial charge in [0.05, 0.1) is 6.54 Å². The summed E-state index contributed by atoms with van der Waals surface area (Å²) in [6.07, 6.45) is 8.38. The molecule has 6 nitrogen and oxygen atoms in total. The number of aliphatic hydroxyl groups is 1. The molecule has 1 amide bonds. The van der Waals surface area contributed by atoms with Gasteiger partial charge < -0.3 is 10.4 Å². The fourth-order valence-corrected chi connectivity index (χ4v) is 3.12. The van der Waals surface area contributed by atoms with E-state index in [2.05, 4.69) is 15.4 Å². The molecule has 1 aromatic heterocycles. The Morgan fingerprint density at radius 3 is 2.59 bits per heavy atom. The molecule has 0 spiro atoms. The normalized spacial score (nSPS) is 18.7. The summed E-state index contributed by atoms with van der Waals surface area (Å²) >= 11 is 0. The molecule has 1 fully saturated rings. The lowest BCUT2D eigenvalue weighted by Crippen LogP contribution is -2.39. The van der Waals surface area contributed by atoms with Gasteiger partial charge in [0.1, 0.15) is 18.3 Å². The largest absolute Gasteiger partial charge is 0.383 e. The van der Waals surface area contributed by atoms with E-state index in [9.17, 15) is 9.90 Å². The van der Waals surface area contributed by atoms with Crippen molar-refractivity contribution in [2.45, 2.75) is 77.5 Å². The van der Waals surface area contributed by atoms with Crippen LogP contribution in [0.1, 0.15) is 70.7 Å². The number of amides is 1. The van der Waals surface area contributed by atoms with Crippen LogP contribution in [0.5, 0.6) is 0 Å². The lowest BCUT2D eigenvalue weighted by molar-refractivity contribution is -0.132. The highest BCUT2D eigenvalue weighted by molar-refractivity contribution is 5.80. The minimum atomic E-state index is -0.909. The molecule has 1 aliphatic carbocycles. The van der Waals surface area contributed by atoms with Crippen molar-refractivity contribution < 1.29 is 9.90 Å². The van der Waals surface area contributed by atoms with Crippen molar-refractivity contribution in [2.24, 2.45) is 5.92 Å². The molecule has 1 heterocycles. The molecule has 1 atom stereocenters. The van der Waals surface area contributed by atoms with Gasteiger partial charge in [-0.25, -0.2) is 9.67 Å². The van der Waals surface area contributed by atoms with E-state index in [-0.39, 0.29) is 17.9 Å². The molecule has 1 saturated carbocycles. The molecule has 2 rings (SSSR count). The lowest BCUT2D eigenvalue weighted by atomic mass is 9.87. The highest BCUT2D eigenvalue weighted by Crippen LogP contribution is 2.25. The van der Waals surface area contributed by atoms with Gasteiger partial charge in [-0.2, -0.15) is 5.10 Å². The number of hydrogen-bond acceptors (Lipinski definition) is 4. The molecule has 1 aliphatic rings. The average Bonchev–Trinajstić information content (AvgIpc) is 2.92. The van der Waals surface area contributed by atoms with Crippen molar-refractivity contribution in [3.8, 4) is 0 Å². The van der Waals surface area contributed by atoms with E-state index in [0.717, 1.165) is 25.7 Å². The van der Waals surface area contributed by atoms with Crippen molar-refractivity contribution in [3.05, 3.63) is 12.2 Å². The number of aromatic nitrogens is 3. The molecule has 0 bridgehead atoms. The van der Waals surface area contributed by atoms with E-state index < -0.39 is 6.10 Å². The zero-order valence-corrected chi connectivity index (χ0v) is 13.7. The van der Waals surface area contributed by atoms with Gasteiger partial charge in [-0.05, 0) is 32.6 Å². The Labute approximate surface area is 132 Å². The lowest BCUT2D eigenvalue weighted by Gasteiger charge is -2.24. The number of aliphatic hydroxyl groups excluding tert-OH is 1. The SMILES string of the molecule is CC(C)n1ncnc1CNC(=O)C(O)C1CCCCCCC1. The van der Waals surface area contributed by atoms with Crippen molar-refractivity contribution >= 4 is 5.91 Å². The predicted molar refractivity (Wildman–Crippen MR) is 84.1 cm³/mol. The Balaban J connectivity index is 1.86. The van der Waals surface area contributed by atoms with Gasteiger partial charge in [0.15, 0.2) is 0 Å². The first-order valence-corrected chi connectivity index (χ1v) is 8.43. The zero-order chi connectivity index (χ0) is 15.9. The second-order valence-electron chi connectivity index (χ2n) is 6.48. The van der Waals surface area contributed by atoms with Crippen LogP contribution in [0.25, 0.3) is 0 Å². The molecule has 0 aromatic carbocycles. The fourth-order valence-electron chi connectivity index (χ4n) is 3.12. The van der Waals surface area contributed by atoms with E-state index in [0.29, 0.717) is 12.4 Å². The molecule has 22 heavy (non-hydrogen) atoms. The Morgan fingerprint density at radius 1 is 1.32 bits per heavy atom. The van der Waals surface area contributed by atoms with Crippen molar-refractivity contribution in [2.75, 3.05) is 0 Å². The van der Waals surface area contributed by atoms with Crippen LogP contribution in [0, 0.1) is 5.92 Å². The molecule has 124 valence electrons. The van der Waals surface area contributed by atoms with Crippen LogP contribution in [-0.2, 0) is 11.3 Å². The second-order valence-corrected chi connectivity index (χ2v) is 6.48. The van der Waals surface area contributed by atoms with E-state index in [1.807, 2.05) is 13.8 Å². The summed E-state index contributed by atoms with van der Waals surface area (Å²) in [5.74, 6) is 0.514. The van der Waals surface area contributed by atoms with Crippen LogP contribution in [0.2, 0.25) is 0 Å². The highest BCUT2D eigenvalue weighted by Gasteiger charge is 2.26. The standard InChI is InChI=1S/C16H28N4O2/c1-12(2)20-14(18-11-19-20)10-17-16(22)15(21)13-8-6-4-3-5-7-9-13/h11-13,15,21H,3-10H2,1-2H3,(H,17,22). The molecule has 1 aromatic rings. The number of carbonyl (C=O) groups excluding carboxylic acids is 1. The summed E-state index contributed by atoms with van der Waals surface area (Å²) in [7, 11) is 0. The van der Waals surface area contributed by atoms with E-state index in [1.165, 1.54) is 25.6 Å². The Morgan fingerprint density at radius 2 is 1.95 bits per heavy atom. The second kappa shape index (κ2) is 8.27. The minimum absolute atomic E-state index is 0.0864. The topological polar surface area (TPSA) is 80.0 Å². The van der Waals surface area contributed by atoms with Crippen LogP contribution in [0.15, 0.2) is 6.33 Å². The maximum Gasteiger partial charge on any atom is 0.249 e. The van der Waals surface area contributed by atoms with Gasteiger partial charge in [0.25, 0.3) is 0 Å². The first-order valence-electron chi connectivity index (χ1n) is 8.43. The molecular weight excluding hydrogens is 280 g/mol. The quantitative estimate of drug-likeness (QED) is 0.874. The van der Waals surface area contributed by atoms with Gasteiger partial charge in [-0.3, -0.25) is 4.79 Å². The third-order valence-corrected chi connectivity index (χ3v) is 4.42. The molecular formula is C16H28N4O2. The highest BCUT2D eigenvalue weighted by atomic mass is 16.3. The maximum atomic E-state index is 12.2. The number of rotatable bonds is 5.